The topological polar surface area (TPSA) is 12.9 Å². The number of nitrogens with zero attached hydrogens (tertiary/aromatic N) is 1. The van der Waals surface area contributed by atoms with Gasteiger partial charge in [-0.1, -0.05) is 51.0 Å². The number of hydrogen-bond donors (Lipinski definition) is 0. The van der Waals surface area contributed by atoms with Crippen LogP contribution in [0.2, 0.25) is 0 Å². The van der Waals surface area contributed by atoms with Gasteiger partial charge < -0.3 is 0 Å². The second-order valence-corrected chi connectivity index (χ2v) is 8.92. The molecule has 150 valence electrons. The Bertz CT molecular complexity index is 984. The third-order valence-electron chi connectivity index (χ3n) is 6.72. The fourth-order valence-corrected chi connectivity index (χ4v) is 4.91. The molecule has 2 heteroatoms. The van der Waals surface area contributed by atoms with Crippen molar-refractivity contribution >= 4 is 16.7 Å². The average Bonchev–Trinajstić information content (AvgIpc) is 2.66. The Morgan fingerprint density at radius 1 is 1.32 bits per heavy atom. The second kappa shape index (κ2) is 7.81. The molecule has 0 N–H and O–H groups in total. The lowest BCUT2D eigenvalue weighted by atomic mass is 9.63. The minimum Gasteiger partial charge on any atom is -0.256 e. The van der Waals surface area contributed by atoms with Crippen molar-refractivity contribution in [3.63, 3.8) is 0 Å². The fraction of sp³-hybridized carbons (Fsp3) is 0.500. The van der Waals surface area contributed by atoms with Gasteiger partial charge in [0.05, 0.1) is 5.69 Å². The van der Waals surface area contributed by atoms with Crippen molar-refractivity contribution in [2.24, 2.45) is 17.3 Å². The van der Waals surface area contributed by atoms with Gasteiger partial charge in [0.1, 0.15) is 5.83 Å². The van der Waals surface area contributed by atoms with Crippen LogP contribution in [0.5, 0.6) is 0 Å². The summed E-state index contributed by atoms with van der Waals surface area (Å²) >= 11 is 0. The van der Waals surface area contributed by atoms with Crippen molar-refractivity contribution in [1.82, 2.24) is 4.98 Å². The first-order chi connectivity index (χ1) is 13.3. The van der Waals surface area contributed by atoms with E-state index in [-0.39, 0.29) is 17.2 Å². The first-order valence-corrected chi connectivity index (χ1v) is 10.7. The Morgan fingerprint density at radius 3 is 2.64 bits per heavy atom. The van der Waals surface area contributed by atoms with E-state index in [4.69, 9.17) is 4.98 Å². The molecule has 1 aromatic heterocycles. The van der Waals surface area contributed by atoms with Crippen LogP contribution in [0.25, 0.3) is 16.7 Å². The monoisotopic (exact) mass is 379 g/mol. The van der Waals surface area contributed by atoms with Crippen LogP contribution in [0.15, 0.2) is 41.9 Å². The number of allylic oxidation sites excluding steroid dienone is 6. The van der Waals surface area contributed by atoms with Gasteiger partial charge in [-0.3, -0.25) is 4.98 Å². The highest BCUT2D eigenvalue weighted by Crippen LogP contribution is 2.52. The Morgan fingerprint density at radius 2 is 2.04 bits per heavy atom. The van der Waals surface area contributed by atoms with Crippen molar-refractivity contribution < 1.29 is 4.39 Å². The molecule has 1 heterocycles. The van der Waals surface area contributed by atoms with Crippen molar-refractivity contribution in [3.05, 3.63) is 58.0 Å². The van der Waals surface area contributed by atoms with Gasteiger partial charge in [0.15, 0.2) is 0 Å². The maximum absolute atomic E-state index is 15.3. The van der Waals surface area contributed by atoms with E-state index in [1.165, 1.54) is 21.6 Å². The summed E-state index contributed by atoms with van der Waals surface area (Å²) in [5, 5.41) is 2.47. The van der Waals surface area contributed by atoms with Crippen molar-refractivity contribution in [3.8, 4) is 0 Å². The zero-order valence-electron chi connectivity index (χ0n) is 18.5. The molecule has 2 atom stereocenters. The summed E-state index contributed by atoms with van der Waals surface area (Å²) < 4.78 is 15.3. The normalized spacial score (nSPS) is 22.1. The van der Waals surface area contributed by atoms with E-state index in [0.29, 0.717) is 5.92 Å². The van der Waals surface area contributed by atoms with Gasteiger partial charge in [-0.2, -0.15) is 0 Å². The quantitative estimate of drug-likeness (QED) is 0.576. The molecule has 0 amide bonds. The van der Waals surface area contributed by atoms with Gasteiger partial charge in [-0.25, -0.2) is 4.39 Å². The highest BCUT2D eigenvalue weighted by Gasteiger charge is 2.42. The molecule has 0 saturated heterocycles. The number of hydrogen-bond acceptors (Lipinski definition) is 1. The minimum atomic E-state index is -0.346. The number of pyridine rings is 1. The van der Waals surface area contributed by atoms with E-state index in [9.17, 15) is 0 Å². The zero-order valence-corrected chi connectivity index (χ0v) is 18.5. The Balaban J connectivity index is 2.41. The Labute approximate surface area is 169 Å². The summed E-state index contributed by atoms with van der Waals surface area (Å²) in [6.45, 7) is 15.2. The van der Waals surface area contributed by atoms with Crippen molar-refractivity contribution in [2.75, 3.05) is 0 Å². The first kappa shape index (κ1) is 20.8. The maximum Gasteiger partial charge on any atom is 0.123 e. The molecular weight excluding hydrogens is 345 g/mol. The Hall–Kier alpha value is -1.96. The lowest BCUT2D eigenvalue weighted by Gasteiger charge is -2.41. The summed E-state index contributed by atoms with van der Waals surface area (Å²) in [6, 6.07) is 2.11. The predicted octanol–water partition coefficient (Wildman–Crippen LogP) is 6.10. The number of rotatable bonds is 4. The zero-order chi connectivity index (χ0) is 20.6. The van der Waals surface area contributed by atoms with Gasteiger partial charge >= 0.3 is 0 Å². The lowest BCUT2D eigenvalue weighted by Crippen LogP contribution is -2.42. The SMILES string of the molecule is CCC=CC(CC)C1CC=C(F)C2=C1c1nccc(=C(C)C)c1=C(C)C2(C)C. The van der Waals surface area contributed by atoms with Crippen LogP contribution in [0.3, 0.4) is 0 Å². The third kappa shape index (κ3) is 3.21. The van der Waals surface area contributed by atoms with E-state index in [0.717, 1.165) is 36.1 Å². The van der Waals surface area contributed by atoms with Crippen LogP contribution >= 0.6 is 0 Å². The van der Waals surface area contributed by atoms with Crippen LogP contribution in [0, 0.1) is 17.3 Å². The van der Waals surface area contributed by atoms with Crippen LogP contribution < -0.4 is 10.4 Å². The largest absolute Gasteiger partial charge is 0.256 e. The molecule has 0 fully saturated rings. The lowest BCUT2D eigenvalue weighted by molar-refractivity contribution is 0.440. The first-order valence-electron chi connectivity index (χ1n) is 10.7. The van der Waals surface area contributed by atoms with Crippen LogP contribution in [-0.4, -0.2) is 4.98 Å². The van der Waals surface area contributed by atoms with Crippen LogP contribution in [0.1, 0.15) is 73.4 Å². The van der Waals surface area contributed by atoms with Crippen LogP contribution in [-0.2, 0) is 0 Å². The van der Waals surface area contributed by atoms with Gasteiger partial charge in [-0.15, -0.1) is 0 Å². The summed E-state index contributed by atoms with van der Waals surface area (Å²) in [4.78, 5) is 4.83. The molecular formula is C26H34FN. The van der Waals surface area contributed by atoms with E-state index < -0.39 is 0 Å². The number of fused-ring (bicyclic) bond motifs is 2. The molecule has 28 heavy (non-hydrogen) atoms. The summed E-state index contributed by atoms with van der Waals surface area (Å²) in [5.74, 6) is 0.613. The predicted molar refractivity (Wildman–Crippen MR) is 119 cm³/mol. The summed E-state index contributed by atoms with van der Waals surface area (Å²) in [5.41, 5.74) is 5.15. The second-order valence-electron chi connectivity index (χ2n) is 8.92. The highest BCUT2D eigenvalue weighted by atomic mass is 19.1. The smallest absolute Gasteiger partial charge is 0.123 e. The molecule has 2 aliphatic carbocycles. The molecule has 2 unspecified atom stereocenters. The molecule has 0 bridgehead atoms. The van der Waals surface area contributed by atoms with E-state index in [1.807, 2.05) is 12.3 Å². The molecule has 0 saturated carbocycles. The van der Waals surface area contributed by atoms with Crippen molar-refractivity contribution in [2.45, 2.75) is 67.7 Å². The molecule has 3 rings (SSSR count). The maximum atomic E-state index is 15.3. The molecule has 1 aromatic rings. The number of aromatic nitrogens is 1. The summed E-state index contributed by atoms with van der Waals surface area (Å²) in [6.07, 6.45) is 11.1. The minimum absolute atomic E-state index is 0.0556. The molecule has 2 aliphatic rings. The average molecular weight is 380 g/mol. The summed E-state index contributed by atoms with van der Waals surface area (Å²) in [7, 11) is 0. The standard InChI is InChI=1S/C26H34FN/c1-8-10-11-18(9-2)20-12-13-21(27)24-23(20)25-22(17(5)26(24,6)7)19(16(3)4)14-15-28-25/h10-11,13-15,18,20H,8-9,12H2,1-7H3. The Kier molecular flexibility index (Phi) is 5.79. The third-order valence-corrected chi connectivity index (χ3v) is 6.72. The van der Waals surface area contributed by atoms with Gasteiger partial charge in [0, 0.05) is 22.4 Å². The van der Waals surface area contributed by atoms with E-state index in [1.54, 1.807) is 0 Å². The van der Waals surface area contributed by atoms with E-state index >= 15 is 4.39 Å². The number of halogens is 1. The molecule has 0 aliphatic heterocycles. The molecule has 0 aromatic carbocycles. The highest BCUT2D eigenvalue weighted by molar-refractivity contribution is 5.83. The molecule has 0 spiro atoms. The van der Waals surface area contributed by atoms with Crippen LogP contribution in [0.4, 0.5) is 4.39 Å². The molecule has 1 nitrogen and oxygen atoms in total. The van der Waals surface area contributed by atoms with Gasteiger partial charge in [0.25, 0.3) is 0 Å². The van der Waals surface area contributed by atoms with E-state index in [2.05, 4.69) is 66.7 Å². The van der Waals surface area contributed by atoms with Crippen molar-refractivity contribution in [1.29, 1.82) is 0 Å². The fourth-order valence-electron chi connectivity index (χ4n) is 4.91. The van der Waals surface area contributed by atoms with Gasteiger partial charge in [0.2, 0.25) is 0 Å². The molecule has 0 radical (unpaired) electrons. The van der Waals surface area contributed by atoms with Gasteiger partial charge in [-0.05, 0) is 74.8 Å².